The molecule has 0 unspecified atom stereocenters. The summed E-state index contributed by atoms with van der Waals surface area (Å²) in [6.45, 7) is 4.35. The first-order valence-corrected chi connectivity index (χ1v) is 11.3. The molecular formula is C30H36O. The topological polar surface area (TPSA) is 9.23 Å². The van der Waals surface area contributed by atoms with Gasteiger partial charge in [-0.05, 0) is 48.6 Å². The van der Waals surface area contributed by atoms with E-state index in [1.807, 2.05) is 18.2 Å². The number of allylic oxidation sites excluding steroid dienone is 1. The Hall–Kier alpha value is -3.06. The van der Waals surface area contributed by atoms with Crippen molar-refractivity contribution in [3.63, 3.8) is 0 Å². The van der Waals surface area contributed by atoms with Gasteiger partial charge in [0, 0.05) is 0 Å². The molecule has 0 aliphatic rings. The zero-order valence-electron chi connectivity index (χ0n) is 19.3. The van der Waals surface area contributed by atoms with Crippen molar-refractivity contribution in [2.45, 2.75) is 46.0 Å². The fourth-order valence-electron chi connectivity index (χ4n) is 3.06. The lowest BCUT2D eigenvalue weighted by Crippen LogP contribution is -1.81. The quantitative estimate of drug-likeness (QED) is 0.252. The van der Waals surface area contributed by atoms with Gasteiger partial charge in [0.15, 0.2) is 0 Å². The maximum absolute atomic E-state index is 5.12. The van der Waals surface area contributed by atoms with Gasteiger partial charge in [-0.3, -0.25) is 0 Å². The van der Waals surface area contributed by atoms with Crippen LogP contribution >= 0.6 is 0 Å². The Balaban J connectivity index is 0.000000220. The molecule has 0 saturated carbocycles. The molecule has 3 aromatic carbocycles. The highest BCUT2D eigenvalue weighted by atomic mass is 16.5. The van der Waals surface area contributed by atoms with E-state index in [4.69, 9.17) is 4.74 Å². The second kappa shape index (κ2) is 14.8. The fraction of sp³-hybridized carbons (Fsp3) is 0.267. The summed E-state index contributed by atoms with van der Waals surface area (Å²) < 4.78 is 5.12. The fourth-order valence-corrected chi connectivity index (χ4v) is 3.06. The number of methoxy groups -OCH3 is 1. The maximum Gasteiger partial charge on any atom is 0.118 e. The number of benzene rings is 3. The van der Waals surface area contributed by atoms with E-state index in [0.717, 1.165) is 5.75 Å². The summed E-state index contributed by atoms with van der Waals surface area (Å²) in [5.74, 6) is 0.917. The molecule has 0 aromatic heterocycles. The van der Waals surface area contributed by atoms with Gasteiger partial charge in [-0.1, -0.05) is 123 Å². The second-order valence-corrected chi connectivity index (χ2v) is 7.68. The Morgan fingerprint density at radius 3 is 1.84 bits per heavy atom. The Morgan fingerprint density at radius 2 is 1.23 bits per heavy atom. The number of rotatable bonds is 9. The third-order valence-corrected chi connectivity index (χ3v) is 5.00. The van der Waals surface area contributed by atoms with Crippen LogP contribution in [0, 0.1) is 6.92 Å². The molecule has 0 aliphatic heterocycles. The molecule has 0 heterocycles. The summed E-state index contributed by atoms with van der Waals surface area (Å²) in [4.78, 5) is 0. The van der Waals surface area contributed by atoms with Gasteiger partial charge in [-0.25, -0.2) is 0 Å². The molecule has 0 fully saturated rings. The number of unbranched alkanes of at least 4 members (excludes halogenated alkanes) is 4. The Kier molecular flexibility index (Phi) is 11.6. The van der Waals surface area contributed by atoms with Gasteiger partial charge in [0.05, 0.1) is 7.11 Å². The molecular weight excluding hydrogens is 376 g/mol. The lowest BCUT2D eigenvalue weighted by Gasteiger charge is -1.99. The van der Waals surface area contributed by atoms with Crippen LogP contribution < -0.4 is 4.74 Å². The molecule has 0 aliphatic carbocycles. The van der Waals surface area contributed by atoms with E-state index >= 15 is 0 Å². The monoisotopic (exact) mass is 412 g/mol. The van der Waals surface area contributed by atoms with Crippen LogP contribution in [0.5, 0.6) is 5.75 Å². The highest BCUT2D eigenvalue weighted by Gasteiger charge is 1.90. The SMILES string of the molecule is CCCCCC/C=C/c1ccc(OC)cc1.Cc1ccc(/C=C/c2ccccc2)cc1. The third kappa shape index (κ3) is 10.5. The van der Waals surface area contributed by atoms with Crippen LogP contribution in [0.2, 0.25) is 0 Å². The first kappa shape index (κ1) is 24.2. The Bertz CT molecular complexity index is 887. The molecule has 0 amide bonds. The number of hydrogen-bond acceptors (Lipinski definition) is 1. The molecule has 0 spiro atoms. The minimum atomic E-state index is 0.917. The van der Waals surface area contributed by atoms with Crippen molar-refractivity contribution in [2.24, 2.45) is 0 Å². The van der Waals surface area contributed by atoms with E-state index < -0.39 is 0 Å². The first-order chi connectivity index (χ1) is 15.2. The van der Waals surface area contributed by atoms with Crippen molar-refractivity contribution in [2.75, 3.05) is 7.11 Å². The minimum absolute atomic E-state index is 0.917. The van der Waals surface area contributed by atoms with Gasteiger partial charge in [0.25, 0.3) is 0 Å². The van der Waals surface area contributed by atoms with Crippen LogP contribution in [0.4, 0.5) is 0 Å². The number of hydrogen-bond donors (Lipinski definition) is 0. The third-order valence-electron chi connectivity index (χ3n) is 5.00. The predicted molar refractivity (Wildman–Crippen MR) is 137 cm³/mol. The van der Waals surface area contributed by atoms with E-state index in [1.165, 1.54) is 54.4 Å². The highest BCUT2D eigenvalue weighted by molar-refractivity contribution is 5.69. The van der Waals surface area contributed by atoms with E-state index in [1.54, 1.807) is 7.11 Å². The van der Waals surface area contributed by atoms with Crippen LogP contribution in [-0.4, -0.2) is 7.11 Å². The van der Waals surface area contributed by atoms with Gasteiger partial charge >= 0.3 is 0 Å². The molecule has 0 bridgehead atoms. The van der Waals surface area contributed by atoms with Gasteiger partial charge in [-0.2, -0.15) is 0 Å². The van der Waals surface area contributed by atoms with Crippen LogP contribution in [0.25, 0.3) is 18.2 Å². The number of aryl methyl sites for hydroxylation is 1. The summed E-state index contributed by atoms with van der Waals surface area (Å²) >= 11 is 0. The molecule has 162 valence electrons. The van der Waals surface area contributed by atoms with Crippen LogP contribution in [0.1, 0.15) is 61.3 Å². The van der Waals surface area contributed by atoms with Gasteiger partial charge in [0.1, 0.15) is 5.75 Å². The second-order valence-electron chi connectivity index (χ2n) is 7.68. The van der Waals surface area contributed by atoms with E-state index in [9.17, 15) is 0 Å². The zero-order chi connectivity index (χ0) is 22.2. The number of ether oxygens (including phenoxy) is 1. The van der Waals surface area contributed by atoms with Crippen molar-refractivity contribution in [3.8, 4) is 5.75 Å². The summed E-state index contributed by atoms with van der Waals surface area (Å²) in [7, 11) is 1.69. The molecule has 3 rings (SSSR count). The molecule has 1 heteroatoms. The molecule has 0 saturated heterocycles. The highest BCUT2D eigenvalue weighted by Crippen LogP contribution is 2.13. The van der Waals surface area contributed by atoms with Crippen molar-refractivity contribution in [3.05, 3.63) is 107 Å². The average molecular weight is 413 g/mol. The predicted octanol–water partition coefficient (Wildman–Crippen LogP) is 8.84. The van der Waals surface area contributed by atoms with Crippen molar-refractivity contribution in [1.29, 1.82) is 0 Å². The van der Waals surface area contributed by atoms with E-state index in [-0.39, 0.29) is 0 Å². The summed E-state index contributed by atoms with van der Waals surface area (Å²) in [5, 5.41) is 0. The molecule has 31 heavy (non-hydrogen) atoms. The average Bonchev–Trinajstić information content (AvgIpc) is 2.82. The van der Waals surface area contributed by atoms with Crippen LogP contribution in [-0.2, 0) is 0 Å². The van der Waals surface area contributed by atoms with Crippen LogP contribution in [0.15, 0.2) is 84.9 Å². The lowest BCUT2D eigenvalue weighted by atomic mass is 10.1. The largest absolute Gasteiger partial charge is 0.497 e. The maximum atomic E-state index is 5.12. The zero-order valence-corrected chi connectivity index (χ0v) is 19.3. The Labute approximate surface area is 189 Å². The minimum Gasteiger partial charge on any atom is -0.497 e. The normalized spacial score (nSPS) is 10.8. The summed E-state index contributed by atoms with van der Waals surface area (Å²) in [6, 6.07) is 27.0. The smallest absolute Gasteiger partial charge is 0.118 e. The van der Waals surface area contributed by atoms with Crippen molar-refractivity contribution in [1.82, 2.24) is 0 Å². The summed E-state index contributed by atoms with van der Waals surface area (Å²) in [6.07, 6.45) is 15.2. The standard InChI is InChI=1S/C15H22O.C15H14/c1-3-4-5-6-7-8-9-14-10-12-15(16-2)13-11-14;1-13-7-9-15(10-8-13)12-11-14-5-3-2-4-6-14/h8-13H,3-7H2,1-2H3;2-12H,1H3/b9-8+;12-11+. The molecule has 0 atom stereocenters. The van der Waals surface area contributed by atoms with E-state index in [2.05, 4.69) is 98.8 Å². The molecule has 3 aromatic rings. The summed E-state index contributed by atoms with van der Waals surface area (Å²) in [5.41, 5.74) is 5.02. The van der Waals surface area contributed by atoms with Crippen molar-refractivity contribution >= 4 is 18.2 Å². The molecule has 0 radical (unpaired) electrons. The Morgan fingerprint density at radius 1 is 0.645 bits per heavy atom. The first-order valence-electron chi connectivity index (χ1n) is 11.3. The molecule has 0 N–H and O–H groups in total. The van der Waals surface area contributed by atoms with Gasteiger partial charge < -0.3 is 4.74 Å². The van der Waals surface area contributed by atoms with Crippen molar-refractivity contribution < 1.29 is 4.74 Å². The van der Waals surface area contributed by atoms with Gasteiger partial charge in [0.2, 0.25) is 0 Å². The van der Waals surface area contributed by atoms with Gasteiger partial charge in [-0.15, -0.1) is 0 Å². The van der Waals surface area contributed by atoms with Crippen LogP contribution in [0.3, 0.4) is 0 Å². The lowest BCUT2D eigenvalue weighted by molar-refractivity contribution is 0.415. The van der Waals surface area contributed by atoms with E-state index in [0.29, 0.717) is 0 Å². The molecule has 1 nitrogen and oxygen atoms in total.